The SMILES string of the molecule is O=C(CBr)C1CCCCS1. The lowest BCUT2D eigenvalue weighted by Crippen LogP contribution is -2.21. The van der Waals surface area contributed by atoms with Gasteiger partial charge in [-0.05, 0) is 18.6 Å². The lowest BCUT2D eigenvalue weighted by molar-refractivity contribution is -0.116. The Morgan fingerprint density at radius 1 is 1.60 bits per heavy atom. The lowest BCUT2D eigenvalue weighted by Gasteiger charge is -2.18. The quantitative estimate of drug-likeness (QED) is 0.668. The maximum Gasteiger partial charge on any atom is 0.156 e. The van der Waals surface area contributed by atoms with Crippen LogP contribution < -0.4 is 0 Å². The Morgan fingerprint density at radius 3 is 2.90 bits per heavy atom. The van der Waals surface area contributed by atoms with Crippen molar-refractivity contribution in [3.05, 3.63) is 0 Å². The molecule has 1 unspecified atom stereocenters. The van der Waals surface area contributed by atoms with E-state index in [4.69, 9.17) is 0 Å². The molecule has 1 atom stereocenters. The molecule has 0 saturated carbocycles. The fraction of sp³-hybridized carbons (Fsp3) is 0.857. The Labute approximate surface area is 74.1 Å². The van der Waals surface area contributed by atoms with Crippen molar-refractivity contribution < 1.29 is 4.79 Å². The molecule has 0 aliphatic carbocycles. The van der Waals surface area contributed by atoms with Gasteiger partial charge in [0.05, 0.1) is 10.6 Å². The summed E-state index contributed by atoms with van der Waals surface area (Å²) in [6.45, 7) is 0. The van der Waals surface area contributed by atoms with Gasteiger partial charge >= 0.3 is 0 Å². The molecule has 0 bridgehead atoms. The van der Waals surface area contributed by atoms with Gasteiger partial charge in [0.1, 0.15) is 0 Å². The topological polar surface area (TPSA) is 17.1 Å². The molecule has 0 radical (unpaired) electrons. The highest BCUT2D eigenvalue weighted by Crippen LogP contribution is 2.25. The van der Waals surface area contributed by atoms with Crippen LogP contribution in [0.5, 0.6) is 0 Å². The van der Waals surface area contributed by atoms with E-state index >= 15 is 0 Å². The molecule has 0 spiro atoms. The van der Waals surface area contributed by atoms with E-state index in [0.29, 0.717) is 16.4 Å². The summed E-state index contributed by atoms with van der Waals surface area (Å²) in [4.78, 5) is 11.1. The van der Waals surface area contributed by atoms with E-state index < -0.39 is 0 Å². The highest BCUT2D eigenvalue weighted by molar-refractivity contribution is 9.09. The monoisotopic (exact) mass is 222 g/mol. The van der Waals surface area contributed by atoms with Crippen LogP contribution in [0.2, 0.25) is 0 Å². The molecule has 1 nitrogen and oxygen atoms in total. The molecule has 0 aromatic carbocycles. The summed E-state index contributed by atoms with van der Waals surface area (Å²) in [6.07, 6.45) is 3.61. The predicted octanol–water partition coefficient (Wildman–Crippen LogP) is 2.24. The summed E-state index contributed by atoms with van der Waals surface area (Å²) < 4.78 is 0. The first-order valence-electron chi connectivity index (χ1n) is 3.55. The summed E-state index contributed by atoms with van der Waals surface area (Å²) >= 11 is 5.00. The molecule has 1 heterocycles. The van der Waals surface area contributed by atoms with E-state index in [0.717, 1.165) is 6.42 Å². The Hall–Kier alpha value is 0.500. The molecule has 0 amide bonds. The van der Waals surface area contributed by atoms with Crippen LogP contribution in [0.15, 0.2) is 0 Å². The third-order valence-corrected chi connectivity index (χ3v) is 3.65. The maximum atomic E-state index is 11.1. The number of thioether (sulfide) groups is 1. The van der Waals surface area contributed by atoms with Crippen LogP contribution in [0.4, 0.5) is 0 Å². The molecule has 10 heavy (non-hydrogen) atoms. The van der Waals surface area contributed by atoms with Crippen molar-refractivity contribution in [1.82, 2.24) is 0 Å². The summed E-state index contributed by atoms with van der Waals surface area (Å²) in [7, 11) is 0. The van der Waals surface area contributed by atoms with Crippen molar-refractivity contribution in [2.45, 2.75) is 24.5 Å². The number of hydrogen-bond acceptors (Lipinski definition) is 2. The third-order valence-electron chi connectivity index (χ3n) is 1.67. The molecule has 1 fully saturated rings. The molecule has 1 aliphatic heterocycles. The van der Waals surface area contributed by atoms with Gasteiger partial charge in [-0.1, -0.05) is 22.4 Å². The van der Waals surface area contributed by atoms with Gasteiger partial charge in [0.15, 0.2) is 5.78 Å². The average Bonchev–Trinajstić information content (AvgIpc) is 2.05. The van der Waals surface area contributed by atoms with E-state index in [-0.39, 0.29) is 0 Å². The average molecular weight is 223 g/mol. The van der Waals surface area contributed by atoms with Gasteiger partial charge in [-0.2, -0.15) is 11.8 Å². The lowest BCUT2D eigenvalue weighted by atomic mass is 10.1. The Morgan fingerprint density at radius 2 is 2.40 bits per heavy atom. The van der Waals surface area contributed by atoms with Crippen molar-refractivity contribution in [1.29, 1.82) is 0 Å². The fourth-order valence-corrected chi connectivity index (χ4v) is 2.94. The Balaban J connectivity index is 2.31. The first kappa shape index (κ1) is 8.60. The zero-order valence-electron chi connectivity index (χ0n) is 5.81. The largest absolute Gasteiger partial charge is 0.298 e. The highest BCUT2D eigenvalue weighted by Gasteiger charge is 2.19. The highest BCUT2D eigenvalue weighted by atomic mass is 79.9. The number of halogens is 1. The van der Waals surface area contributed by atoms with E-state index in [1.165, 1.54) is 18.6 Å². The van der Waals surface area contributed by atoms with Crippen LogP contribution in [-0.2, 0) is 4.79 Å². The van der Waals surface area contributed by atoms with Gasteiger partial charge in [-0.3, -0.25) is 4.79 Å². The third kappa shape index (κ3) is 2.27. The van der Waals surface area contributed by atoms with Crippen LogP contribution in [0.25, 0.3) is 0 Å². The number of rotatable bonds is 2. The van der Waals surface area contributed by atoms with Crippen molar-refractivity contribution in [2.24, 2.45) is 0 Å². The molecule has 58 valence electrons. The van der Waals surface area contributed by atoms with Gasteiger partial charge in [-0.25, -0.2) is 0 Å². The predicted molar refractivity (Wildman–Crippen MR) is 48.9 cm³/mol. The number of carbonyl (C=O) groups is 1. The van der Waals surface area contributed by atoms with E-state index in [9.17, 15) is 4.79 Å². The van der Waals surface area contributed by atoms with Crippen LogP contribution in [-0.4, -0.2) is 22.1 Å². The number of ketones is 1. The molecular formula is C7H11BrOS. The van der Waals surface area contributed by atoms with Gasteiger partial charge in [0.25, 0.3) is 0 Å². The van der Waals surface area contributed by atoms with E-state index in [1.54, 1.807) is 0 Å². The first-order valence-corrected chi connectivity index (χ1v) is 5.72. The molecule has 1 rings (SSSR count). The summed E-state index contributed by atoms with van der Waals surface area (Å²) in [5.74, 6) is 1.54. The minimum absolute atomic E-state index is 0.299. The number of Topliss-reactive ketones (excluding diaryl/α,β-unsaturated/α-hetero) is 1. The zero-order chi connectivity index (χ0) is 7.40. The Bertz CT molecular complexity index is 121. The summed E-state index contributed by atoms with van der Waals surface area (Å²) in [5.41, 5.74) is 0. The van der Waals surface area contributed by atoms with Crippen molar-refractivity contribution in [3.63, 3.8) is 0 Å². The molecule has 0 aromatic heterocycles. The van der Waals surface area contributed by atoms with Gasteiger partial charge in [0.2, 0.25) is 0 Å². The minimum Gasteiger partial charge on any atom is -0.298 e. The second-order valence-electron chi connectivity index (χ2n) is 2.46. The summed E-state index contributed by atoms with van der Waals surface area (Å²) in [5, 5.41) is 0.832. The van der Waals surface area contributed by atoms with Crippen molar-refractivity contribution in [3.8, 4) is 0 Å². The van der Waals surface area contributed by atoms with Gasteiger partial charge in [0, 0.05) is 0 Å². The molecule has 3 heteroatoms. The minimum atomic E-state index is 0.299. The van der Waals surface area contributed by atoms with Crippen LogP contribution in [0.1, 0.15) is 19.3 Å². The van der Waals surface area contributed by atoms with E-state index in [2.05, 4.69) is 15.9 Å². The van der Waals surface area contributed by atoms with E-state index in [1.807, 2.05) is 11.8 Å². The Kier molecular flexibility index (Phi) is 3.78. The molecule has 0 aromatic rings. The second kappa shape index (κ2) is 4.39. The van der Waals surface area contributed by atoms with Crippen LogP contribution >= 0.6 is 27.7 Å². The van der Waals surface area contributed by atoms with Gasteiger partial charge in [-0.15, -0.1) is 0 Å². The van der Waals surface area contributed by atoms with Crippen molar-refractivity contribution >= 4 is 33.5 Å². The fourth-order valence-electron chi connectivity index (χ4n) is 1.08. The number of hydrogen-bond donors (Lipinski definition) is 0. The maximum absolute atomic E-state index is 11.1. The standard InChI is InChI=1S/C7H11BrOS/c8-5-6(9)7-3-1-2-4-10-7/h7H,1-5H2. The molecular weight excluding hydrogens is 212 g/mol. The van der Waals surface area contributed by atoms with Crippen molar-refractivity contribution in [2.75, 3.05) is 11.1 Å². The molecule has 1 saturated heterocycles. The second-order valence-corrected chi connectivity index (χ2v) is 4.33. The molecule has 1 aliphatic rings. The molecule has 0 N–H and O–H groups in total. The van der Waals surface area contributed by atoms with Gasteiger partial charge < -0.3 is 0 Å². The summed E-state index contributed by atoms with van der Waals surface area (Å²) in [6, 6.07) is 0. The smallest absolute Gasteiger partial charge is 0.156 e. The zero-order valence-corrected chi connectivity index (χ0v) is 8.21. The number of alkyl halides is 1. The normalized spacial score (nSPS) is 26.3. The first-order chi connectivity index (χ1) is 4.84. The van der Waals surface area contributed by atoms with Crippen LogP contribution in [0, 0.1) is 0 Å². The number of carbonyl (C=O) groups excluding carboxylic acids is 1. The van der Waals surface area contributed by atoms with Crippen LogP contribution in [0.3, 0.4) is 0 Å².